The van der Waals surface area contributed by atoms with E-state index >= 15 is 0 Å². The van der Waals surface area contributed by atoms with Crippen molar-refractivity contribution in [2.45, 2.75) is 40.2 Å². The molecule has 138 valence electrons. The number of hydrogen-bond donors (Lipinski definition) is 3. The molecule has 0 heterocycles. The Hall–Kier alpha value is -2.82. The van der Waals surface area contributed by atoms with E-state index in [0.29, 0.717) is 5.56 Å². The second-order valence-corrected chi connectivity index (χ2v) is 6.58. The summed E-state index contributed by atoms with van der Waals surface area (Å²) in [7, 11) is 0. The SMILES string of the molecule is CCC(C)NC(=O)c1ccc(NCC(=O)Nc2ccc(C)cc2C)cc1. The first-order chi connectivity index (χ1) is 12.4. The summed E-state index contributed by atoms with van der Waals surface area (Å²) < 4.78 is 0. The minimum absolute atomic E-state index is 0.0847. The number of amides is 2. The largest absolute Gasteiger partial charge is 0.376 e. The monoisotopic (exact) mass is 353 g/mol. The molecule has 2 aromatic rings. The van der Waals surface area contributed by atoms with Gasteiger partial charge in [0.2, 0.25) is 5.91 Å². The van der Waals surface area contributed by atoms with Crippen LogP contribution in [0.15, 0.2) is 42.5 Å². The predicted octanol–water partition coefficient (Wildman–Crippen LogP) is 3.88. The van der Waals surface area contributed by atoms with Gasteiger partial charge in [0, 0.05) is 23.0 Å². The van der Waals surface area contributed by atoms with Gasteiger partial charge in [0.1, 0.15) is 0 Å². The Labute approximate surface area is 155 Å². The number of hydrogen-bond acceptors (Lipinski definition) is 3. The fourth-order valence-corrected chi connectivity index (χ4v) is 2.48. The topological polar surface area (TPSA) is 70.2 Å². The van der Waals surface area contributed by atoms with Gasteiger partial charge in [-0.1, -0.05) is 24.6 Å². The lowest BCUT2D eigenvalue weighted by Crippen LogP contribution is -2.31. The van der Waals surface area contributed by atoms with Crippen LogP contribution in [0.5, 0.6) is 0 Å². The van der Waals surface area contributed by atoms with E-state index in [9.17, 15) is 9.59 Å². The smallest absolute Gasteiger partial charge is 0.251 e. The zero-order valence-corrected chi connectivity index (χ0v) is 15.8. The molecule has 26 heavy (non-hydrogen) atoms. The molecule has 2 amide bonds. The van der Waals surface area contributed by atoms with Crippen molar-refractivity contribution in [1.82, 2.24) is 5.32 Å². The molecule has 0 saturated heterocycles. The highest BCUT2D eigenvalue weighted by Crippen LogP contribution is 2.16. The minimum Gasteiger partial charge on any atom is -0.376 e. The Morgan fingerprint density at radius 2 is 1.73 bits per heavy atom. The molecule has 2 aromatic carbocycles. The molecule has 0 saturated carbocycles. The summed E-state index contributed by atoms with van der Waals surface area (Å²) in [5.74, 6) is -0.200. The van der Waals surface area contributed by atoms with Crippen molar-refractivity contribution in [3.8, 4) is 0 Å². The van der Waals surface area contributed by atoms with Crippen molar-refractivity contribution >= 4 is 23.2 Å². The highest BCUT2D eigenvalue weighted by atomic mass is 16.2. The highest BCUT2D eigenvalue weighted by molar-refractivity contribution is 5.95. The van der Waals surface area contributed by atoms with Gasteiger partial charge in [-0.25, -0.2) is 0 Å². The van der Waals surface area contributed by atoms with Gasteiger partial charge in [0.05, 0.1) is 6.54 Å². The van der Waals surface area contributed by atoms with Crippen LogP contribution in [0.1, 0.15) is 41.8 Å². The van der Waals surface area contributed by atoms with E-state index in [0.717, 1.165) is 28.9 Å². The van der Waals surface area contributed by atoms with Gasteiger partial charge in [0.15, 0.2) is 0 Å². The third-order valence-corrected chi connectivity index (χ3v) is 4.25. The van der Waals surface area contributed by atoms with E-state index in [-0.39, 0.29) is 24.4 Å². The molecule has 5 heteroatoms. The van der Waals surface area contributed by atoms with Crippen LogP contribution in [0.2, 0.25) is 0 Å². The van der Waals surface area contributed by atoms with Crippen LogP contribution >= 0.6 is 0 Å². The second kappa shape index (κ2) is 9.04. The summed E-state index contributed by atoms with van der Waals surface area (Å²) >= 11 is 0. The summed E-state index contributed by atoms with van der Waals surface area (Å²) in [6.45, 7) is 8.15. The van der Waals surface area contributed by atoms with Crippen molar-refractivity contribution < 1.29 is 9.59 Å². The van der Waals surface area contributed by atoms with E-state index in [1.807, 2.05) is 45.9 Å². The van der Waals surface area contributed by atoms with E-state index < -0.39 is 0 Å². The number of carbonyl (C=O) groups excluding carboxylic acids is 2. The lowest BCUT2D eigenvalue weighted by atomic mass is 10.1. The average Bonchev–Trinajstić information content (AvgIpc) is 2.62. The van der Waals surface area contributed by atoms with Crippen LogP contribution in [-0.4, -0.2) is 24.4 Å². The fraction of sp³-hybridized carbons (Fsp3) is 0.333. The number of aryl methyl sites for hydroxylation is 2. The van der Waals surface area contributed by atoms with Gasteiger partial charge in [-0.2, -0.15) is 0 Å². The van der Waals surface area contributed by atoms with Crippen molar-refractivity contribution in [1.29, 1.82) is 0 Å². The summed E-state index contributed by atoms with van der Waals surface area (Å²) in [5.41, 5.74) is 4.42. The maximum atomic E-state index is 12.1. The molecule has 3 N–H and O–H groups in total. The highest BCUT2D eigenvalue weighted by Gasteiger charge is 2.09. The number of anilines is 2. The zero-order chi connectivity index (χ0) is 19.1. The summed E-state index contributed by atoms with van der Waals surface area (Å²) in [5, 5.41) is 8.90. The fourth-order valence-electron chi connectivity index (χ4n) is 2.48. The lowest BCUT2D eigenvalue weighted by molar-refractivity contribution is -0.114. The van der Waals surface area contributed by atoms with Gasteiger partial charge in [-0.15, -0.1) is 0 Å². The summed E-state index contributed by atoms with van der Waals surface area (Å²) in [6, 6.07) is 13.2. The number of nitrogens with one attached hydrogen (secondary N) is 3. The Balaban J connectivity index is 1.87. The predicted molar refractivity (Wildman–Crippen MR) is 107 cm³/mol. The van der Waals surface area contributed by atoms with E-state index in [2.05, 4.69) is 16.0 Å². The molecule has 0 aromatic heterocycles. The first kappa shape index (κ1) is 19.5. The van der Waals surface area contributed by atoms with Gasteiger partial charge >= 0.3 is 0 Å². The van der Waals surface area contributed by atoms with Crippen LogP contribution in [0.25, 0.3) is 0 Å². The Morgan fingerprint density at radius 3 is 2.35 bits per heavy atom. The Morgan fingerprint density at radius 1 is 1.04 bits per heavy atom. The third kappa shape index (κ3) is 5.62. The van der Waals surface area contributed by atoms with Crippen LogP contribution in [0.4, 0.5) is 11.4 Å². The molecule has 1 atom stereocenters. The molecule has 0 radical (unpaired) electrons. The first-order valence-electron chi connectivity index (χ1n) is 8.91. The van der Waals surface area contributed by atoms with E-state index in [4.69, 9.17) is 0 Å². The van der Waals surface area contributed by atoms with Crippen molar-refractivity contribution in [2.24, 2.45) is 0 Å². The minimum atomic E-state index is -0.115. The van der Waals surface area contributed by atoms with Gasteiger partial charge in [0.25, 0.3) is 5.91 Å². The van der Waals surface area contributed by atoms with Crippen molar-refractivity contribution in [2.75, 3.05) is 17.2 Å². The van der Waals surface area contributed by atoms with Crippen LogP contribution in [0, 0.1) is 13.8 Å². The summed E-state index contributed by atoms with van der Waals surface area (Å²) in [6.07, 6.45) is 0.890. The molecular formula is C21H27N3O2. The van der Waals surface area contributed by atoms with Gasteiger partial charge in [-0.05, 0) is 63.1 Å². The molecule has 0 fully saturated rings. The molecule has 1 unspecified atom stereocenters. The number of carbonyl (C=O) groups is 2. The quantitative estimate of drug-likeness (QED) is 0.707. The van der Waals surface area contributed by atoms with Crippen molar-refractivity contribution in [3.05, 3.63) is 59.2 Å². The second-order valence-electron chi connectivity index (χ2n) is 6.58. The molecule has 0 aliphatic rings. The molecule has 0 bridgehead atoms. The average molecular weight is 353 g/mol. The Kier molecular flexibility index (Phi) is 6.78. The molecule has 2 rings (SSSR count). The third-order valence-electron chi connectivity index (χ3n) is 4.25. The van der Waals surface area contributed by atoms with Gasteiger partial charge in [-0.3, -0.25) is 9.59 Å². The maximum absolute atomic E-state index is 12.1. The van der Waals surface area contributed by atoms with Crippen LogP contribution in [-0.2, 0) is 4.79 Å². The lowest BCUT2D eigenvalue weighted by Gasteiger charge is -2.12. The first-order valence-corrected chi connectivity index (χ1v) is 8.91. The molecular weight excluding hydrogens is 326 g/mol. The van der Waals surface area contributed by atoms with E-state index in [1.165, 1.54) is 0 Å². The van der Waals surface area contributed by atoms with Gasteiger partial charge < -0.3 is 16.0 Å². The molecule has 0 aliphatic carbocycles. The number of benzene rings is 2. The molecule has 5 nitrogen and oxygen atoms in total. The molecule has 0 spiro atoms. The number of rotatable bonds is 7. The van der Waals surface area contributed by atoms with Crippen LogP contribution < -0.4 is 16.0 Å². The standard InChI is InChI=1S/C21H27N3O2/c1-5-16(4)23-21(26)17-7-9-18(10-8-17)22-13-20(25)24-19-11-6-14(2)12-15(19)3/h6-12,16,22H,5,13H2,1-4H3,(H,23,26)(H,24,25). The van der Waals surface area contributed by atoms with Crippen molar-refractivity contribution in [3.63, 3.8) is 0 Å². The maximum Gasteiger partial charge on any atom is 0.251 e. The molecule has 0 aliphatic heterocycles. The summed E-state index contributed by atoms with van der Waals surface area (Å²) in [4.78, 5) is 24.2. The Bertz CT molecular complexity index is 769. The van der Waals surface area contributed by atoms with E-state index in [1.54, 1.807) is 24.3 Å². The van der Waals surface area contributed by atoms with Crippen LogP contribution in [0.3, 0.4) is 0 Å². The zero-order valence-electron chi connectivity index (χ0n) is 15.8. The normalized spacial score (nSPS) is 11.5.